The van der Waals surface area contributed by atoms with Crippen LogP contribution in [-0.2, 0) is 13.0 Å². The zero-order valence-electron chi connectivity index (χ0n) is 8.37. The standard InChI is InChI=1S/C10H13N5/c11-5-4-10-14-13-8-15(10)7-9-3-1-2-6-12-9/h1-3,6,8H,4-5,7,11H2. The Bertz CT molecular complexity index is 409. The summed E-state index contributed by atoms with van der Waals surface area (Å²) in [6.07, 6.45) is 4.23. The Morgan fingerprint density at radius 3 is 3.00 bits per heavy atom. The van der Waals surface area contributed by atoms with E-state index in [1.807, 2.05) is 22.8 Å². The molecule has 15 heavy (non-hydrogen) atoms. The van der Waals surface area contributed by atoms with Crippen LogP contribution in [0.4, 0.5) is 0 Å². The van der Waals surface area contributed by atoms with E-state index >= 15 is 0 Å². The van der Waals surface area contributed by atoms with Crippen LogP contribution in [0.5, 0.6) is 0 Å². The van der Waals surface area contributed by atoms with Crippen molar-refractivity contribution >= 4 is 0 Å². The van der Waals surface area contributed by atoms with Gasteiger partial charge < -0.3 is 10.3 Å². The molecule has 2 heterocycles. The molecule has 0 spiro atoms. The zero-order valence-corrected chi connectivity index (χ0v) is 8.37. The van der Waals surface area contributed by atoms with E-state index in [-0.39, 0.29) is 0 Å². The summed E-state index contributed by atoms with van der Waals surface area (Å²) in [6, 6.07) is 5.85. The fourth-order valence-electron chi connectivity index (χ4n) is 1.40. The molecule has 2 rings (SSSR count). The molecule has 0 aliphatic carbocycles. The predicted molar refractivity (Wildman–Crippen MR) is 56.1 cm³/mol. The van der Waals surface area contributed by atoms with Crippen molar-refractivity contribution in [2.24, 2.45) is 5.73 Å². The molecule has 2 aromatic rings. The van der Waals surface area contributed by atoms with E-state index in [1.54, 1.807) is 12.5 Å². The van der Waals surface area contributed by atoms with Crippen LogP contribution >= 0.6 is 0 Å². The normalized spacial score (nSPS) is 10.5. The van der Waals surface area contributed by atoms with Gasteiger partial charge in [0.1, 0.15) is 12.2 Å². The molecule has 0 fully saturated rings. The first-order chi connectivity index (χ1) is 7.40. The molecule has 2 aromatic heterocycles. The lowest BCUT2D eigenvalue weighted by Gasteiger charge is -2.04. The van der Waals surface area contributed by atoms with Gasteiger partial charge in [-0.3, -0.25) is 4.98 Å². The van der Waals surface area contributed by atoms with E-state index in [1.165, 1.54) is 0 Å². The number of pyridine rings is 1. The molecule has 0 unspecified atom stereocenters. The molecule has 2 N–H and O–H groups in total. The first kappa shape index (κ1) is 9.79. The molecule has 0 atom stereocenters. The van der Waals surface area contributed by atoms with Gasteiger partial charge in [0.2, 0.25) is 0 Å². The molecule has 0 amide bonds. The second kappa shape index (κ2) is 4.65. The maximum atomic E-state index is 5.49. The summed E-state index contributed by atoms with van der Waals surface area (Å²) in [5.41, 5.74) is 6.48. The molecule has 0 saturated carbocycles. The minimum absolute atomic E-state index is 0.584. The third-order valence-corrected chi connectivity index (χ3v) is 2.12. The summed E-state index contributed by atoms with van der Waals surface area (Å²) in [5, 5.41) is 7.87. The minimum Gasteiger partial charge on any atom is -0.330 e. The summed E-state index contributed by atoms with van der Waals surface area (Å²) >= 11 is 0. The van der Waals surface area contributed by atoms with Gasteiger partial charge in [-0.05, 0) is 18.7 Å². The van der Waals surface area contributed by atoms with Crippen molar-refractivity contribution in [3.63, 3.8) is 0 Å². The highest BCUT2D eigenvalue weighted by Gasteiger charge is 2.03. The molecule has 0 radical (unpaired) electrons. The highest BCUT2D eigenvalue weighted by Crippen LogP contribution is 2.01. The number of hydrogen-bond acceptors (Lipinski definition) is 4. The molecule has 0 aliphatic heterocycles. The maximum Gasteiger partial charge on any atom is 0.134 e. The van der Waals surface area contributed by atoms with Crippen molar-refractivity contribution in [1.82, 2.24) is 19.7 Å². The largest absolute Gasteiger partial charge is 0.330 e. The average molecular weight is 203 g/mol. The Kier molecular flexibility index (Phi) is 3.04. The fraction of sp³-hybridized carbons (Fsp3) is 0.300. The number of hydrogen-bond donors (Lipinski definition) is 1. The second-order valence-corrected chi connectivity index (χ2v) is 3.23. The summed E-state index contributed by atoms with van der Waals surface area (Å²) < 4.78 is 1.97. The van der Waals surface area contributed by atoms with E-state index in [0.29, 0.717) is 13.1 Å². The van der Waals surface area contributed by atoms with Crippen LogP contribution in [0.1, 0.15) is 11.5 Å². The number of aromatic nitrogens is 4. The van der Waals surface area contributed by atoms with Crippen LogP contribution in [0.3, 0.4) is 0 Å². The van der Waals surface area contributed by atoms with Crippen molar-refractivity contribution in [1.29, 1.82) is 0 Å². The zero-order chi connectivity index (χ0) is 10.5. The van der Waals surface area contributed by atoms with Crippen molar-refractivity contribution in [3.8, 4) is 0 Å². The first-order valence-electron chi connectivity index (χ1n) is 4.87. The van der Waals surface area contributed by atoms with E-state index < -0.39 is 0 Å². The molecule has 5 heteroatoms. The van der Waals surface area contributed by atoms with Crippen LogP contribution in [0.15, 0.2) is 30.7 Å². The van der Waals surface area contributed by atoms with E-state index in [0.717, 1.165) is 17.9 Å². The minimum atomic E-state index is 0.584. The molecule has 0 bridgehead atoms. The van der Waals surface area contributed by atoms with Crippen molar-refractivity contribution in [2.75, 3.05) is 6.54 Å². The van der Waals surface area contributed by atoms with E-state index in [4.69, 9.17) is 5.73 Å². The Labute approximate surface area is 88.0 Å². The average Bonchev–Trinajstić information content (AvgIpc) is 2.68. The SMILES string of the molecule is NCCc1nncn1Cc1ccccn1. The number of nitrogens with zero attached hydrogens (tertiary/aromatic N) is 4. The Morgan fingerprint density at radius 1 is 1.33 bits per heavy atom. The third-order valence-electron chi connectivity index (χ3n) is 2.12. The van der Waals surface area contributed by atoms with E-state index in [9.17, 15) is 0 Å². The second-order valence-electron chi connectivity index (χ2n) is 3.23. The van der Waals surface area contributed by atoms with Gasteiger partial charge >= 0.3 is 0 Å². The van der Waals surface area contributed by atoms with Crippen LogP contribution in [0.25, 0.3) is 0 Å². The van der Waals surface area contributed by atoms with Crippen LogP contribution in [0.2, 0.25) is 0 Å². The summed E-state index contributed by atoms with van der Waals surface area (Å²) in [5.74, 6) is 0.906. The lowest BCUT2D eigenvalue weighted by molar-refractivity contribution is 0.703. The lowest BCUT2D eigenvalue weighted by Crippen LogP contribution is -2.10. The maximum absolute atomic E-state index is 5.49. The molecule has 5 nitrogen and oxygen atoms in total. The van der Waals surface area contributed by atoms with Crippen LogP contribution in [-0.4, -0.2) is 26.3 Å². The van der Waals surface area contributed by atoms with Crippen molar-refractivity contribution in [2.45, 2.75) is 13.0 Å². The van der Waals surface area contributed by atoms with Crippen molar-refractivity contribution in [3.05, 3.63) is 42.2 Å². The predicted octanol–water partition coefficient (Wildman–Crippen LogP) is 0.223. The Hall–Kier alpha value is -1.75. The Morgan fingerprint density at radius 2 is 2.27 bits per heavy atom. The Balaban J connectivity index is 2.14. The van der Waals surface area contributed by atoms with Gasteiger partial charge in [0.15, 0.2) is 0 Å². The number of nitrogens with two attached hydrogens (primary N) is 1. The summed E-state index contributed by atoms with van der Waals surface area (Å²) in [7, 11) is 0. The number of rotatable bonds is 4. The summed E-state index contributed by atoms with van der Waals surface area (Å²) in [4.78, 5) is 4.25. The topological polar surface area (TPSA) is 69.6 Å². The van der Waals surface area contributed by atoms with Gasteiger partial charge in [-0.15, -0.1) is 10.2 Å². The molecular weight excluding hydrogens is 190 g/mol. The fourth-order valence-corrected chi connectivity index (χ4v) is 1.40. The molecule has 0 saturated heterocycles. The van der Waals surface area contributed by atoms with Crippen LogP contribution in [0, 0.1) is 0 Å². The van der Waals surface area contributed by atoms with Gasteiger partial charge in [-0.25, -0.2) is 0 Å². The molecule has 78 valence electrons. The highest BCUT2D eigenvalue weighted by atomic mass is 15.3. The van der Waals surface area contributed by atoms with Crippen molar-refractivity contribution < 1.29 is 0 Å². The molecule has 0 aliphatic rings. The van der Waals surface area contributed by atoms with E-state index in [2.05, 4.69) is 15.2 Å². The first-order valence-corrected chi connectivity index (χ1v) is 4.87. The van der Waals surface area contributed by atoms with Gasteiger partial charge in [0.25, 0.3) is 0 Å². The van der Waals surface area contributed by atoms with Gasteiger partial charge in [-0.2, -0.15) is 0 Å². The summed E-state index contributed by atoms with van der Waals surface area (Å²) in [6.45, 7) is 1.28. The third kappa shape index (κ3) is 2.38. The monoisotopic (exact) mass is 203 g/mol. The molecule has 0 aromatic carbocycles. The van der Waals surface area contributed by atoms with Gasteiger partial charge in [0, 0.05) is 12.6 Å². The lowest BCUT2D eigenvalue weighted by atomic mass is 10.3. The van der Waals surface area contributed by atoms with Gasteiger partial charge in [-0.1, -0.05) is 6.07 Å². The highest BCUT2D eigenvalue weighted by molar-refractivity contribution is 5.05. The molecular formula is C10H13N5. The van der Waals surface area contributed by atoms with Crippen LogP contribution < -0.4 is 5.73 Å². The van der Waals surface area contributed by atoms with Gasteiger partial charge in [0.05, 0.1) is 12.2 Å². The quantitative estimate of drug-likeness (QED) is 0.771. The smallest absolute Gasteiger partial charge is 0.134 e.